The SMILES string of the molecule is Cc1ccc(-c2cc(-c3ccc(C)cc3)[n+](C)n2C)cc1.Cc1ccc(S(=O)(=O)[O-])cc1. The Kier molecular flexibility index (Phi) is 6.96. The Balaban J connectivity index is 0.000000222. The van der Waals surface area contributed by atoms with E-state index in [1.807, 2.05) is 6.92 Å². The molecule has 0 unspecified atom stereocenters. The number of rotatable bonds is 3. The largest absolute Gasteiger partial charge is 0.744 e. The van der Waals surface area contributed by atoms with E-state index in [0.29, 0.717) is 0 Å². The molecule has 1 heterocycles. The van der Waals surface area contributed by atoms with Gasteiger partial charge in [0.15, 0.2) is 7.05 Å². The molecule has 0 radical (unpaired) electrons. The van der Waals surface area contributed by atoms with Crippen molar-refractivity contribution in [3.05, 3.63) is 95.6 Å². The first-order valence-electron chi connectivity index (χ1n) is 10.3. The molecule has 166 valence electrons. The van der Waals surface area contributed by atoms with Gasteiger partial charge in [0.05, 0.1) is 11.9 Å². The van der Waals surface area contributed by atoms with Gasteiger partial charge in [-0.3, -0.25) is 0 Å². The fraction of sp³-hybridized carbons (Fsp3) is 0.192. The summed E-state index contributed by atoms with van der Waals surface area (Å²) in [6.07, 6.45) is 0. The van der Waals surface area contributed by atoms with Crippen molar-refractivity contribution in [2.45, 2.75) is 25.7 Å². The molecule has 5 nitrogen and oxygen atoms in total. The molecule has 0 bridgehead atoms. The van der Waals surface area contributed by atoms with E-state index in [-0.39, 0.29) is 4.90 Å². The van der Waals surface area contributed by atoms with E-state index in [0.717, 1.165) is 5.56 Å². The third kappa shape index (κ3) is 5.52. The van der Waals surface area contributed by atoms with Crippen molar-refractivity contribution in [3.8, 4) is 22.5 Å². The van der Waals surface area contributed by atoms with Crippen molar-refractivity contribution in [2.24, 2.45) is 14.1 Å². The fourth-order valence-corrected chi connectivity index (χ4v) is 3.80. The van der Waals surface area contributed by atoms with E-state index in [1.54, 1.807) is 12.1 Å². The monoisotopic (exact) mass is 448 g/mol. The minimum atomic E-state index is -4.27. The predicted octanol–water partition coefficient (Wildman–Crippen LogP) is 4.70. The molecule has 0 saturated heterocycles. The number of aryl methyl sites for hydroxylation is 3. The van der Waals surface area contributed by atoms with Crippen molar-refractivity contribution in [2.75, 3.05) is 0 Å². The summed E-state index contributed by atoms with van der Waals surface area (Å²) in [6, 6.07) is 25.4. The number of nitrogens with zero attached hydrogens (tertiary/aromatic N) is 2. The summed E-state index contributed by atoms with van der Waals surface area (Å²) >= 11 is 0. The minimum Gasteiger partial charge on any atom is -0.744 e. The second-order valence-electron chi connectivity index (χ2n) is 7.96. The summed E-state index contributed by atoms with van der Waals surface area (Å²) in [5.41, 5.74) is 8.46. The van der Waals surface area contributed by atoms with Gasteiger partial charge in [0, 0.05) is 17.2 Å². The smallest absolute Gasteiger partial charge is 0.238 e. The Labute approximate surface area is 190 Å². The van der Waals surface area contributed by atoms with E-state index >= 15 is 0 Å². The highest BCUT2D eigenvalue weighted by molar-refractivity contribution is 7.85. The zero-order chi connectivity index (χ0) is 23.5. The molecule has 4 rings (SSSR count). The van der Waals surface area contributed by atoms with Gasteiger partial charge >= 0.3 is 0 Å². The van der Waals surface area contributed by atoms with E-state index in [1.165, 1.54) is 45.8 Å². The second-order valence-corrected chi connectivity index (χ2v) is 9.34. The van der Waals surface area contributed by atoms with Crippen LogP contribution in [0.15, 0.2) is 83.8 Å². The molecule has 0 amide bonds. The van der Waals surface area contributed by atoms with Crippen molar-refractivity contribution in [1.82, 2.24) is 4.68 Å². The molecule has 3 aromatic carbocycles. The van der Waals surface area contributed by atoms with Gasteiger partial charge in [0.2, 0.25) is 5.69 Å². The van der Waals surface area contributed by atoms with Crippen molar-refractivity contribution in [1.29, 1.82) is 0 Å². The molecule has 4 aromatic rings. The summed E-state index contributed by atoms with van der Waals surface area (Å²) in [6.45, 7) is 6.06. The summed E-state index contributed by atoms with van der Waals surface area (Å²) < 4.78 is 35.6. The van der Waals surface area contributed by atoms with Gasteiger partial charge < -0.3 is 4.55 Å². The lowest BCUT2D eigenvalue weighted by Crippen LogP contribution is -2.39. The van der Waals surface area contributed by atoms with Crippen LogP contribution in [0.4, 0.5) is 0 Å². The summed E-state index contributed by atoms with van der Waals surface area (Å²) in [7, 11) is -0.0615. The van der Waals surface area contributed by atoms with E-state index in [4.69, 9.17) is 0 Å². The molecule has 0 N–H and O–H groups in total. The topological polar surface area (TPSA) is 66.0 Å². The van der Waals surface area contributed by atoms with Crippen LogP contribution < -0.4 is 4.68 Å². The predicted molar refractivity (Wildman–Crippen MR) is 126 cm³/mol. The molecular weight excluding hydrogens is 420 g/mol. The van der Waals surface area contributed by atoms with E-state index in [9.17, 15) is 13.0 Å². The first kappa shape index (κ1) is 23.4. The number of hydrogen-bond donors (Lipinski definition) is 0. The fourth-order valence-electron chi connectivity index (χ4n) is 3.33. The van der Waals surface area contributed by atoms with Crippen LogP contribution in [-0.2, 0) is 24.2 Å². The van der Waals surface area contributed by atoms with Gasteiger partial charge in [-0.2, -0.15) is 4.68 Å². The summed E-state index contributed by atoms with van der Waals surface area (Å²) in [5.74, 6) is 0. The Morgan fingerprint density at radius 2 is 1.12 bits per heavy atom. The minimum absolute atomic E-state index is 0.178. The highest BCUT2D eigenvalue weighted by Crippen LogP contribution is 2.24. The zero-order valence-corrected chi connectivity index (χ0v) is 19.8. The number of hydrogen-bond acceptors (Lipinski definition) is 3. The molecule has 0 fully saturated rings. The third-order valence-corrected chi connectivity index (χ3v) is 6.27. The van der Waals surface area contributed by atoms with Crippen LogP contribution in [-0.4, -0.2) is 17.7 Å². The maximum Gasteiger partial charge on any atom is 0.238 e. The second kappa shape index (κ2) is 9.51. The maximum atomic E-state index is 10.4. The molecule has 0 saturated carbocycles. The Bertz CT molecular complexity index is 1240. The van der Waals surface area contributed by atoms with Crippen LogP contribution in [0.5, 0.6) is 0 Å². The van der Waals surface area contributed by atoms with Crippen LogP contribution in [0.3, 0.4) is 0 Å². The van der Waals surface area contributed by atoms with E-state index in [2.05, 4.69) is 91.9 Å². The molecule has 0 spiro atoms. The van der Waals surface area contributed by atoms with Gasteiger partial charge in [-0.05, 0) is 45.0 Å². The summed E-state index contributed by atoms with van der Waals surface area (Å²) in [4.78, 5) is -0.178. The van der Waals surface area contributed by atoms with Gasteiger partial charge in [-0.1, -0.05) is 65.2 Å². The maximum absolute atomic E-state index is 10.4. The Hall–Kier alpha value is -3.22. The average molecular weight is 449 g/mol. The summed E-state index contributed by atoms with van der Waals surface area (Å²) in [5, 5.41) is 0. The standard InChI is InChI=1S/C19H21N2.C7H8O3S/c1-14-5-9-16(10-6-14)18-13-19(21(4)20(18)3)17-11-7-15(2)8-12-17;1-6-2-4-7(5-3-6)11(8,9)10/h5-13H,1-4H3;2-5H,1H3,(H,8,9,10)/q+1;/p-1. The first-order chi connectivity index (χ1) is 15.1. The number of aromatic nitrogens is 2. The lowest BCUT2D eigenvalue weighted by molar-refractivity contribution is -0.740. The third-order valence-electron chi connectivity index (χ3n) is 5.43. The van der Waals surface area contributed by atoms with Crippen LogP contribution >= 0.6 is 0 Å². The highest BCUT2D eigenvalue weighted by atomic mass is 32.2. The molecule has 6 heteroatoms. The Morgan fingerprint density at radius 3 is 1.56 bits per heavy atom. The van der Waals surface area contributed by atoms with Crippen molar-refractivity contribution < 1.29 is 17.7 Å². The average Bonchev–Trinajstić information content (AvgIpc) is 3.04. The van der Waals surface area contributed by atoms with Gasteiger partial charge in [0.1, 0.15) is 15.8 Å². The first-order valence-corrected chi connectivity index (χ1v) is 11.7. The van der Waals surface area contributed by atoms with Gasteiger partial charge in [-0.25, -0.2) is 8.42 Å². The lowest BCUT2D eigenvalue weighted by Gasteiger charge is -2.05. The van der Waals surface area contributed by atoms with Crippen LogP contribution in [0.25, 0.3) is 22.5 Å². The van der Waals surface area contributed by atoms with Crippen LogP contribution in [0.1, 0.15) is 16.7 Å². The van der Waals surface area contributed by atoms with E-state index < -0.39 is 10.1 Å². The van der Waals surface area contributed by atoms with Crippen molar-refractivity contribution >= 4 is 10.1 Å². The highest BCUT2D eigenvalue weighted by Gasteiger charge is 2.19. The van der Waals surface area contributed by atoms with Crippen LogP contribution in [0, 0.1) is 20.8 Å². The zero-order valence-electron chi connectivity index (χ0n) is 19.0. The molecule has 0 atom stereocenters. The number of benzene rings is 3. The van der Waals surface area contributed by atoms with Gasteiger partial charge in [-0.15, -0.1) is 4.68 Å². The quantitative estimate of drug-likeness (QED) is 0.337. The molecule has 0 aliphatic heterocycles. The van der Waals surface area contributed by atoms with Gasteiger partial charge in [0.25, 0.3) is 0 Å². The Morgan fingerprint density at radius 1 is 0.719 bits per heavy atom. The normalized spacial score (nSPS) is 11.1. The molecule has 32 heavy (non-hydrogen) atoms. The molecular formula is C26H28N2O3S. The lowest BCUT2D eigenvalue weighted by atomic mass is 10.1. The molecule has 1 aromatic heterocycles. The van der Waals surface area contributed by atoms with Crippen LogP contribution in [0.2, 0.25) is 0 Å². The molecule has 0 aliphatic rings. The molecule has 0 aliphatic carbocycles. The van der Waals surface area contributed by atoms with Crippen molar-refractivity contribution in [3.63, 3.8) is 0 Å².